The van der Waals surface area contributed by atoms with Gasteiger partial charge in [-0.3, -0.25) is 23.8 Å². The van der Waals surface area contributed by atoms with Gasteiger partial charge in [-0.05, 0) is 70.6 Å². The maximum absolute atomic E-state index is 13.4. The van der Waals surface area contributed by atoms with Crippen molar-refractivity contribution in [2.24, 2.45) is 0 Å². The molecule has 5 aromatic rings. The van der Waals surface area contributed by atoms with Gasteiger partial charge in [-0.15, -0.1) is 0 Å². The number of anilines is 1. The van der Waals surface area contributed by atoms with Gasteiger partial charge < -0.3 is 15.0 Å². The first-order valence-electron chi connectivity index (χ1n) is 14.5. The van der Waals surface area contributed by atoms with E-state index in [1.54, 1.807) is 10.6 Å². The molecule has 1 aliphatic heterocycles. The molecule has 1 N–H and O–H groups in total. The van der Waals surface area contributed by atoms with E-state index in [0.29, 0.717) is 36.2 Å². The molecule has 1 aliphatic rings. The second kappa shape index (κ2) is 11.5. The summed E-state index contributed by atoms with van der Waals surface area (Å²) in [6.07, 6.45) is 3.44. The Morgan fingerprint density at radius 1 is 1.12 bits per heavy atom. The fourth-order valence-electron chi connectivity index (χ4n) is 5.83. The Kier molecular flexibility index (Phi) is 7.66. The monoisotopic (exact) mass is 566 g/mol. The van der Waals surface area contributed by atoms with Crippen LogP contribution in [0.1, 0.15) is 40.1 Å². The summed E-state index contributed by atoms with van der Waals surface area (Å²) in [4.78, 5) is 27.4. The van der Waals surface area contributed by atoms with E-state index in [-0.39, 0.29) is 5.91 Å². The lowest BCUT2D eigenvalue weighted by atomic mass is 10.1. The average molecular weight is 567 g/mol. The van der Waals surface area contributed by atoms with Gasteiger partial charge in [-0.2, -0.15) is 5.10 Å². The molecule has 0 bridgehead atoms. The van der Waals surface area contributed by atoms with Crippen LogP contribution < -0.4 is 10.1 Å². The summed E-state index contributed by atoms with van der Waals surface area (Å²) in [5.74, 6) is 0.504. The second-order valence-corrected chi connectivity index (χ2v) is 11.4. The summed E-state index contributed by atoms with van der Waals surface area (Å²) < 4.78 is 9.77. The normalized spacial score (nSPS) is 16.4. The van der Waals surface area contributed by atoms with Crippen molar-refractivity contribution >= 4 is 28.1 Å². The number of aromatic nitrogens is 5. The largest absolute Gasteiger partial charge is 0.492 e. The predicted octanol–water partition coefficient (Wildman–Crippen LogP) is 4.32. The zero-order valence-electron chi connectivity index (χ0n) is 25.0. The molecule has 218 valence electrons. The average Bonchev–Trinajstić information content (AvgIpc) is 3.51. The topological polar surface area (TPSA) is 92.8 Å². The summed E-state index contributed by atoms with van der Waals surface area (Å²) in [6, 6.07) is 14.3. The molecule has 10 heteroatoms. The summed E-state index contributed by atoms with van der Waals surface area (Å²) in [7, 11) is 2.17. The highest BCUT2D eigenvalue weighted by Gasteiger charge is 2.21. The number of benzene rings is 1. The first-order chi connectivity index (χ1) is 20.2. The van der Waals surface area contributed by atoms with E-state index in [4.69, 9.17) is 9.84 Å². The van der Waals surface area contributed by atoms with E-state index in [9.17, 15) is 4.79 Å². The van der Waals surface area contributed by atoms with Crippen molar-refractivity contribution < 1.29 is 9.53 Å². The van der Waals surface area contributed by atoms with E-state index in [0.717, 1.165) is 59.9 Å². The number of hydrogen-bond acceptors (Lipinski definition) is 7. The van der Waals surface area contributed by atoms with Gasteiger partial charge in [0.15, 0.2) is 0 Å². The molecule has 0 aliphatic carbocycles. The zero-order valence-corrected chi connectivity index (χ0v) is 25.0. The van der Waals surface area contributed by atoms with Crippen LogP contribution in [0.3, 0.4) is 0 Å². The van der Waals surface area contributed by atoms with Crippen LogP contribution in [0.5, 0.6) is 5.75 Å². The summed E-state index contributed by atoms with van der Waals surface area (Å²) in [5, 5.41) is 8.79. The van der Waals surface area contributed by atoms with Crippen LogP contribution in [0.25, 0.3) is 16.6 Å². The number of likely N-dealkylation sites (N-methyl/N-ethyl adjacent to an activating group) is 1. The van der Waals surface area contributed by atoms with Crippen molar-refractivity contribution in [1.82, 2.24) is 33.9 Å². The van der Waals surface area contributed by atoms with Crippen molar-refractivity contribution in [3.05, 3.63) is 83.2 Å². The minimum Gasteiger partial charge on any atom is -0.492 e. The highest BCUT2D eigenvalue weighted by molar-refractivity contribution is 6.08. The molecule has 1 saturated heterocycles. The first-order valence-corrected chi connectivity index (χ1v) is 14.5. The Morgan fingerprint density at radius 3 is 2.79 bits per heavy atom. The zero-order chi connectivity index (χ0) is 29.4. The number of pyridine rings is 2. The standard InChI is InChI=1S/C32H38N8O2/c1-21-15-22(2)34-25(16-21)20-40-28-8-6-7-27(31(28)24(4)36-40)35-32(41)29-18-33-30-17-26(9-10-39(29)30)42-14-13-38-12-11-37(5)23(3)19-38/h6-10,15-18,23H,11-14,19-20H2,1-5H3,(H,35,41). The van der Waals surface area contributed by atoms with E-state index in [1.165, 1.54) is 5.56 Å². The molecule has 6 rings (SSSR count). The summed E-state index contributed by atoms with van der Waals surface area (Å²) >= 11 is 0. The highest BCUT2D eigenvalue weighted by atomic mass is 16.5. The third-order valence-electron chi connectivity index (χ3n) is 8.10. The Morgan fingerprint density at radius 2 is 1.98 bits per heavy atom. The number of nitrogens with zero attached hydrogens (tertiary/aromatic N) is 7. The quantitative estimate of drug-likeness (QED) is 0.299. The van der Waals surface area contributed by atoms with Crippen molar-refractivity contribution in [3.8, 4) is 5.75 Å². The first kappa shape index (κ1) is 27.9. The second-order valence-electron chi connectivity index (χ2n) is 11.4. The Labute approximate surface area is 245 Å². The lowest BCUT2D eigenvalue weighted by Gasteiger charge is -2.37. The molecular formula is C32H38N8O2. The maximum atomic E-state index is 13.4. The number of hydrogen-bond donors (Lipinski definition) is 1. The number of carbonyl (C=O) groups excluding carboxylic acids is 1. The van der Waals surface area contributed by atoms with E-state index >= 15 is 0 Å². The third kappa shape index (κ3) is 5.73. The number of carbonyl (C=O) groups is 1. The van der Waals surface area contributed by atoms with Gasteiger partial charge >= 0.3 is 0 Å². The van der Waals surface area contributed by atoms with Crippen LogP contribution in [0.4, 0.5) is 5.69 Å². The lowest BCUT2D eigenvalue weighted by Crippen LogP contribution is -2.50. The van der Waals surface area contributed by atoms with E-state index in [2.05, 4.69) is 58.1 Å². The van der Waals surface area contributed by atoms with Gasteiger partial charge in [0.1, 0.15) is 23.7 Å². The number of amides is 1. The number of nitrogens with one attached hydrogen (secondary N) is 1. The molecular weight excluding hydrogens is 528 g/mol. The SMILES string of the molecule is Cc1cc(C)nc(Cn2nc(C)c3c(NC(=O)c4cnc5cc(OCCN6CCN(C)C(C)C6)ccn45)cccc32)c1. The van der Waals surface area contributed by atoms with Gasteiger partial charge in [0.25, 0.3) is 5.91 Å². The molecule has 42 heavy (non-hydrogen) atoms. The van der Waals surface area contributed by atoms with Crippen LogP contribution in [0, 0.1) is 20.8 Å². The smallest absolute Gasteiger partial charge is 0.274 e. The molecule has 0 radical (unpaired) electrons. The molecule has 4 aromatic heterocycles. The number of aryl methyl sites for hydroxylation is 3. The Balaban J connectivity index is 1.15. The van der Waals surface area contributed by atoms with E-state index < -0.39 is 0 Å². The van der Waals surface area contributed by atoms with Gasteiger partial charge in [0.05, 0.1) is 35.3 Å². The number of piperazine rings is 1. The van der Waals surface area contributed by atoms with Crippen molar-refractivity contribution in [3.63, 3.8) is 0 Å². The minimum absolute atomic E-state index is 0.240. The Hall–Kier alpha value is -4.28. The van der Waals surface area contributed by atoms with Crippen LogP contribution in [0.2, 0.25) is 0 Å². The number of imidazole rings is 1. The fraction of sp³-hybridized carbons (Fsp3) is 0.375. The third-order valence-corrected chi connectivity index (χ3v) is 8.10. The molecule has 1 unspecified atom stereocenters. The van der Waals surface area contributed by atoms with Crippen molar-refractivity contribution in [1.29, 1.82) is 0 Å². The Bertz CT molecular complexity index is 1740. The maximum Gasteiger partial charge on any atom is 0.274 e. The summed E-state index contributed by atoms with van der Waals surface area (Å²) in [6.45, 7) is 13.5. The fourth-order valence-corrected chi connectivity index (χ4v) is 5.83. The molecule has 0 saturated carbocycles. The number of fused-ring (bicyclic) bond motifs is 2. The molecule has 10 nitrogen and oxygen atoms in total. The molecule has 5 heterocycles. The van der Waals surface area contributed by atoms with Gasteiger partial charge in [0.2, 0.25) is 0 Å². The van der Waals surface area contributed by atoms with Crippen molar-refractivity contribution in [2.45, 2.75) is 40.3 Å². The molecule has 1 fully saturated rings. The number of ether oxygens (including phenoxy) is 1. The van der Waals surface area contributed by atoms with Gasteiger partial charge in [-0.1, -0.05) is 6.07 Å². The van der Waals surface area contributed by atoms with Crippen molar-refractivity contribution in [2.75, 3.05) is 45.2 Å². The van der Waals surface area contributed by atoms with E-state index in [1.807, 2.05) is 55.1 Å². The minimum atomic E-state index is -0.240. The molecule has 1 aromatic carbocycles. The van der Waals surface area contributed by atoms with Crippen LogP contribution >= 0.6 is 0 Å². The van der Waals surface area contributed by atoms with Gasteiger partial charge in [-0.25, -0.2) is 4.98 Å². The predicted molar refractivity (Wildman–Crippen MR) is 164 cm³/mol. The molecule has 1 atom stereocenters. The lowest BCUT2D eigenvalue weighted by molar-refractivity contribution is 0.0928. The highest BCUT2D eigenvalue weighted by Crippen LogP contribution is 2.28. The molecule has 1 amide bonds. The van der Waals surface area contributed by atoms with Crippen LogP contribution in [-0.2, 0) is 6.54 Å². The summed E-state index contributed by atoms with van der Waals surface area (Å²) in [5.41, 5.74) is 6.72. The van der Waals surface area contributed by atoms with Gasteiger partial charge in [0, 0.05) is 55.6 Å². The number of rotatable bonds is 8. The molecule has 0 spiro atoms. The van der Waals surface area contributed by atoms with Crippen LogP contribution in [0.15, 0.2) is 54.9 Å². The van der Waals surface area contributed by atoms with Crippen LogP contribution in [-0.4, -0.2) is 85.7 Å².